The Morgan fingerprint density at radius 2 is 2.00 bits per heavy atom. The van der Waals surface area contributed by atoms with Gasteiger partial charge in [-0.05, 0) is 54.3 Å². The van der Waals surface area contributed by atoms with Crippen molar-refractivity contribution < 1.29 is 17.9 Å². The number of methoxy groups -OCH3 is 1. The van der Waals surface area contributed by atoms with E-state index in [1.54, 1.807) is 24.6 Å². The van der Waals surface area contributed by atoms with E-state index in [0.717, 1.165) is 17.7 Å². The molecule has 0 saturated carbocycles. The van der Waals surface area contributed by atoms with Gasteiger partial charge < -0.3 is 10.1 Å². The molecule has 1 saturated heterocycles. The third-order valence-electron chi connectivity index (χ3n) is 5.39. The Labute approximate surface area is 183 Å². The van der Waals surface area contributed by atoms with Crippen LogP contribution in [-0.2, 0) is 14.8 Å². The van der Waals surface area contributed by atoms with Gasteiger partial charge in [0.15, 0.2) is 0 Å². The lowest BCUT2D eigenvalue weighted by atomic mass is 9.94. The van der Waals surface area contributed by atoms with Crippen molar-refractivity contribution in [2.45, 2.75) is 43.4 Å². The van der Waals surface area contributed by atoms with Crippen LogP contribution in [0.1, 0.15) is 44.7 Å². The zero-order valence-electron chi connectivity index (χ0n) is 17.7. The van der Waals surface area contributed by atoms with Crippen LogP contribution in [0.2, 0.25) is 0 Å². The zero-order chi connectivity index (χ0) is 21.7. The van der Waals surface area contributed by atoms with E-state index in [1.165, 1.54) is 15.6 Å². The van der Waals surface area contributed by atoms with Gasteiger partial charge in [-0.15, -0.1) is 11.3 Å². The number of nitrogens with one attached hydrogen (secondary N) is 1. The number of ether oxygens (including phenoxy) is 1. The van der Waals surface area contributed by atoms with Crippen molar-refractivity contribution in [2.24, 2.45) is 11.8 Å². The van der Waals surface area contributed by atoms with Crippen LogP contribution >= 0.6 is 11.3 Å². The molecule has 164 valence electrons. The number of carbonyl (C=O) groups excluding carboxylic acids is 1. The minimum atomic E-state index is -3.53. The van der Waals surface area contributed by atoms with E-state index in [-0.39, 0.29) is 24.4 Å². The quantitative estimate of drug-likeness (QED) is 0.658. The summed E-state index contributed by atoms with van der Waals surface area (Å²) in [6.07, 6.45) is 2.18. The molecular formula is C22H30N2O4S2. The molecule has 1 N–H and O–H groups in total. The van der Waals surface area contributed by atoms with Gasteiger partial charge in [0.05, 0.1) is 19.1 Å². The minimum absolute atomic E-state index is 0.0810. The molecule has 0 spiro atoms. The molecular weight excluding hydrogens is 420 g/mol. The zero-order valence-corrected chi connectivity index (χ0v) is 19.3. The van der Waals surface area contributed by atoms with E-state index >= 15 is 0 Å². The minimum Gasteiger partial charge on any atom is -0.497 e. The average Bonchev–Trinajstić information content (AvgIpc) is 3.29. The number of rotatable bonds is 8. The van der Waals surface area contributed by atoms with Gasteiger partial charge in [0.1, 0.15) is 9.96 Å². The summed E-state index contributed by atoms with van der Waals surface area (Å²) >= 11 is 1.21. The Hall–Kier alpha value is -1.90. The van der Waals surface area contributed by atoms with Crippen LogP contribution in [0.25, 0.3) is 0 Å². The summed E-state index contributed by atoms with van der Waals surface area (Å²) in [5, 5.41) is 4.94. The molecule has 1 aromatic carbocycles. The highest BCUT2D eigenvalue weighted by Gasteiger charge is 2.34. The molecule has 1 aliphatic rings. The Balaban J connectivity index is 1.71. The number of sulfonamides is 1. The predicted octanol–water partition coefficient (Wildman–Crippen LogP) is 4.06. The van der Waals surface area contributed by atoms with Crippen molar-refractivity contribution in [2.75, 3.05) is 20.2 Å². The molecule has 2 atom stereocenters. The predicted molar refractivity (Wildman–Crippen MR) is 119 cm³/mol. The lowest BCUT2D eigenvalue weighted by molar-refractivity contribution is -0.127. The summed E-state index contributed by atoms with van der Waals surface area (Å²) in [4.78, 5) is 13.1. The SMILES string of the molecule is COc1ccc([C@@H](CC(C)C)NC(=O)[C@@H]2CCCN(S(=O)(=O)c3cccs3)C2)cc1. The number of hydrogen-bond donors (Lipinski definition) is 1. The standard InChI is InChI=1S/C22H30N2O4S2/c1-16(2)14-20(17-8-10-19(28-3)11-9-17)23-22(25)18-6-4-12-24(15-18)30(26,27)21-7-5-13-29-21/h5,7-11,13,16,18,20H,4,6,12,14-15H2,1-3H3,(H,23,25)/t18-,20-/m1/s1. The maximum Gasteiger partial charge on any atom is 0.252 e. The smallest absolute Gasteiger partial charge is 0.252 e. The number of hydrogen-bond acceptors (Lipinski definition) is 5. The fraction of sp³-hybridized carbons (Fsp3) is 0.500. The topological polar surface area (TPSA) is 75.7 Å². The largest absolute Gasteiger partial charge is 0.497 e. The summed E-state index contributed by atoms with van der Waals surface area (Å²) in [5.74, 6) is 0.749. The van der Waals surface area contributed by atoms with E-state index in [1.807, 2.05) is 24.3 Å². The molecule has 8 heteroatoms. The molecule has 0 aliphatic carbocycles. The summed E-state index contributed by atoms with van der Waals surface area (Å²) in [6.45, 7) is 4.93. The van der Waals surface area contributed by atoms with Crippen LogP contribution in [0.4, 0.5) is 0 Å². The molecule has 30 heavy (non-hydrogen) atoms. The molecule has 3 rings (SSSR count). The second-order valence-electron chi connectivity index (χ2n) is 8.10. The molecule has 2 heterocycles. The van der Waals surface area contributed by atoms with Gasteiger partial charge in [-0.3, -0.25) is 4.79 Å². The molecule has 0 unspecified atom stereocenters. The molecule has 1 fully saturated rings. The van der Waals surface area contributed by atoms with Crippen molar-refractivity contribution >= 4 is 27.3 Å². The number of piperidine rings is 1. The van der Waals surface area contributed by atoms with Gasteiger partial charge in [-0.1, -0.05) is 32.0 Å². The fourth-order valence-electron chi connectivity index (χ4n) is 3.79. The lowest BCUT2D eigenvalue weighted by Gasteiger charge is -2.32. The number of amides is 1. The highest BCUT2D eigenvalue weighted by Crippen LogP contribution is 2.28. The maximum absolute atomic E-state index is 13.1. The van der Waals surface area contributed by atoms with Gasteiger partial charge in [0, 0.05) is 13.1 Å². The summed E-state index contributed by atoms with van der Waals surface area (Å²) in [7, 11) is -1.91. The van der Waals surface area contributed by atoms with Crippen molar-refractivity contribution in [3.8, 4) is 5.75 Å². The van der Waals surface area contributed by atoms with Gasteiger partial charge >= 0.3 is 0 Å². The second kappa shape index (κ2) is 9.94. The van der Waals surface area contributed by atoms with Crippen LogP contribution in [0.3, 0.4) is 0 Å². The normalized spacial score (nSPS) is 18.9. The van der Waals surface area contributed by atoms with E-state index in [0.29, 0.717) is 29.5 Å². The molecule has 2 aromatic rings. The van der Waals surface area contributed by atoms with Crippen LogP contribution in [0, 0.1) is 11.8 Å². The Kier molecular flexibility index (Phi) is 7.55. The summed E-state index contributed by atoms with van der Waals surface area (Å²) in [6, 6.07) is 11.0. The third-order valence-corrected chi connectivity index (χ3v) is 8.62. The van der Waals surface area contributed by atoms with E-state index in [4.69, 9.17) is 4.74 Å². The molecule has 1 aliphatic heterocycles. The van der Waals surface area contributed by atoms with Crippen LogP contribution in [-0.4, -0.2) is 38.8 Å². The van der Waals surface area contributed by atoms with Crippen molar-refractivity contribution in [1.82, 2.24) is 9.62 Å². The molecule has 0 bridgehead atoms. The van der Waals surface area contributed by atoms with Gasteiger partial charge in [0.2, 0.25) is 5.91 Å². The monoisotopic (exact) mass is 450 g/mol. The Morgan fingerprint density at radius 1 is 1.27 bits per heavy atom. The Bertz CT molecular complexity index is 925. The molecule has 1 amide bonds. The van der Waals surface area contributed by atoms with Crippen molar-refractivity contribution in [3.63, 3.8) is 0 Å². The average molecular weight is 451 g/mol. The van der Waals surface area contributed by atoms with Crippen LogP contribution in [0.5, 0.6) is 5.75 Å². The number of benzene rings is 1. The first-order valence-electron chi connectivity index (χ1n) is 10.3. The number of nitrogens with zero attached hydrogens (tertiary/aromatic N) is 1. The first-order valence-corrected chi connectivity index (χ1v) is 12.6. The first kappa shape index (κ1) is 22.8. The van der Waals surface area contributed by atoms with Crippen LogP contribution < -0.4 is 10.1 Å². The fourth-order valence-corrected chi connectivity index (χ4v) is 6.46. The van der Waals surface area contributed by atoms with E-state index in [9.17, 15) is 13.2 Å². The van der Waals surface area contributed by atoms with Crippen LogP contribution in [0.15, 0.2) is 46.0 Å². The highest BCUT2D eigenvalue weighted by molar-refractivity contribution is 7.91. The summed E-state index contributed by atoms with van der Waals surface area (Å²) < 4.78 is 32.7. The van der Waals surface area contributed by atoms with E-state index in [2.05, 4.69) is 19.2 Å². The first-order chi connectivity index (χ1) is 14.3. The Morgan fingerprint density at radius 3 is 2.60 bits per heavy atom. The van der Waals surface area contributed by atoms with Gasteiger partial charge in [0.25, 0.3) is 10.0 Å². The number of thiophene rings is 1. The van der Waals surface area contributed by atoms with Gasteiger partial charge in [-0.2, -0.15) is 4.31 Å². The highest BCUT2D eigenvalue weighted by atomic mass is 32.2. The van der Waals surface area contributed by atoms with Gasteiger partial charge in [-0.25, -0.2) is 8.42 Å². The van der Waals surface area contributed by atoms with Crippen molar-refractivity contribution in [3.05, 3.63) is 47.3 Å². The lowest BCUT2D eigenvalue weighted by Crippen LogP contribution is -2.46. The molecule has 0 radical (unpaired) electrons. The van der Waals surface area contributed by atoms with Crippen molar-refractivity contribution in [1.29, 1.82) is 0 Å². The molecule has 6 nitrogen and oxygen atoms in total. The van der Waals surface area contributed by atoms with E-state index < -0.39 is 10.0 Å². The maximum atomic E-state index is 13.1. The second-order valence-corrected chi connectivity index (χ2v) is 11.2. The molecule has 1 aromatic heterocycles. The number of carbonyl (C=O) groups is 1. The third kappa shape index (κ3) is 5.42. The summed E-state index contributed by atoms with van der Waals surface area (Å²) in [5.41, 5.74) is 1.02.